The average Bonchev–Trinajstić information content (AvgIpc) is 2.45. The third kappa shape index (κ3) is 4.10. The summed E-state index contributed by atoms with van der Waals surface area (Å²) in [7, 11) is 1.74. The van der Waals surface area contributed by atoms with E-state index in [9.17, 15) is 14.7 Å². The molecule has 0 radical (unpaired) electrons. The van der Waals surface area contributed by atoms with Crippen molar-refractivity contribution >= 4 is 12.0 Å². The Bertz CT molecular complexity index is 340. The first kappa shape index (κ1) is 16.8. The molecule has 1 aliphatic rings. The van der Waals surface area contributed by atoms with Crippen LogP contribution in [0.2, 0.25) is 0 Å². The van der Waals surface area contributed by atoms with Crippen LogP contribution in [-0.2, 0) is 9.53 Å². The third-order valence-electron chi connectivity index (χ3n) is 4.17. The Kier molecular flexibility index (Phi) is 6.26. The molecule has 1 saturated heterocycles. The van der Waals surface area contributed by atoms with Crippen molar-refractivity contribution < 1.29 is 19.4 Å². The fraction of sp³-hybridized carbons (Fsp3) is 0.857. The molecule has 20 heavy (non-hydrogen) atoms. The number of urea groups is 1. The van der Waals surface area contributed by atoms with Crippen molar-refractivity contribution in [2.45, 2.75) is 45.6 Å². The number of carbonyl (C=O) groups excluding carboxylic acids is 1. The summed E-state index contributed by atoms with van der Waals surface area (Å²) in [5, 5.41) is 12.2. The number of ether oxygens (including phenoxy) is 1. The second-order valence-corrected chi connectivity index (χ2v) is 5.61. The fourth-order valence-electron chi connectivity index (χ4n) is 2.41. The van der Waals surface area contributed by atoms with E-state index in [0.29, 0.717) is 26.1 Å². The first-order chi connectivity index (χ1) is 9.43. The third-order valence-corrected chi connectivity index (χ3v) is 4.17. The minimum absolute atomic E-state index is 0.149. The molecule has 6 nitrogen and oxygen atoms in total. The molecule has 1 aliphatic heterocycles. The number of carbonyl (C=O) groups is 2. The lowest BCUT2D eigenvalue weighted by molar-refractivity contribution is -0.154. The predicted molar refractivity (Wildman–Crippen MR) is 75.7 cm³/mol. The summed E-state index contributed by atoms with van der Waals surface area (Å²) < 4.78 is 5.21. The van der Waals surface area contributed by atoms with Gasteiger partial charge in [-0.1, -0.05) is 13.3 Å². The molecule has 2 N–H and O–H groups in total. The number of rotatable bonds is 6. The Morgan fingerprint density at radius 2 is 2.00 bits per heavy atom. The molecule has 1 rings (SSSR count). The summed E-state index contributed by atoms with van der Waals surface area (Å²) in [4.78, 5) is 25.2. The van der Waals surface area contributed by atoms with Crippen LogP contribution >= 0.6 is 0 Å². The summed E-state index contributed by atoms with van der Waals surface area (Å²) in [5.74, 6) is -0.856. The van der Waals surface area contributed by atoms with Gasteiger partial charge in [-0.2, -0.15) is 0 Å². The van der Waals surface area contributed by atoms with Crippen LogP contribution in [-0.4, -0.2) is 54.9 Å². The molecule has 116 valence electrons. The fourth-order valence-corrected chi connectivity index (χ4v) is 2.41. The molecule has 0 saturated carbocycles. The minimum atomic E-state index is -0.886. The molecule has 0 spiro atoms. The number of carboxylic acids is 1. The number of hydrogen-bond donors (Lipinski definition) is 2. The maximum atomic E-state index is 12.1. The van der Waals surface area contributed by atoms with E-state index in [1.54, 1.807) is 11.9 Å². The zero-order valence-electron chi connectivity index (χ0n) is 12.6. The van der Waals surface area contributed by atoms with E-state index in [1.807, 2.05) is 6.92 Å². The van der Waals surface area contributed by atoms with Crippen LogP contribution in [0.4, 0.5) is 4.79 Å². The Balaban J connectivity index is 2.55. The van der Waals surface area contributed by atoms with E-state index in [1.165, 1.54) is 0 Å². The summed E-state index contributed by atoms with van der Waals surface area (Å²) >= 11 is 0. The van der Waals surface area contributed by atoms with E-state index in [0.717, 1.165) is 12.8 Å². The van der Waals surface area contributed by atoms with Crippen LogP contribution in [0.1, 0.15) is 39.5 Å². The van der Waals surface area contributed by atoms with Gasteiger partial charge in [-0.15, -0.1) is 0 Å². The Morgan fingerprint density at radius 3 is 2.50 bits per heavy atom. The molecular formula is C14H26N2O4. The van der Waals surface area contributed by atoms with Crippen LogP contribution in [0.5, 0.6) is 0 Å². The average molecular weight is 286 g/mol. The molecule has 0 aromatic rings. The second-order valence-electron chi connectivity index (χ2n) is 5.61. The van der Waals surface area contributed by atoms with Crippen LogP contribution in [0.25, 0.3) is 0 Å². The van der Waals surface area contributed by atoms with Crippen molar-refractivity contribution in [2.24, 2.45) is 5.41 Å². The predicted octanol–water partition coefficient (Wildman–Crippen LogP) is 1.70. The van der Waals surface area contributed by atoms with Crippen molar-refractivity contribution in [1.29, 1.82) is 0 Å². The van der Waals surface area contributed by atoms with Gasteiger partial charge in [0.2, 0.25) is 0 Å². The highest BCUT2D eigenvalue weighted by molar-refractivity contribution is 5.78. The lowest BCUT2D eigenvalue weighted by Crippen LogP contribution is -2.50. The summed E-state index contributed by atoms with van der Waals surface area (Å²) in [6.07, 6.45) is 2.82. The number of nitrogens with one attached hydrogen (secondary N) is 1. The maximum absolute atomic E-state index is 12.1. The summed E-state index contributed by atoms with van der Waals surface area (Å²) in [6.45, 7) is 5.09. The van der Waals surface area contributed by atoms with Crippen molar-refractivity contribution in [1.82, 2.24) is 10.2 Å². The van der Waals surface area contributed by atoms with Crippen molar-refractivity contribution in [3.05, 3.63) is 0 Å². The Hall–Kier alpha value is -1.30. The molecule has 1 atom stereocenters. The highest BCUT2D eigenvalue weighted by Gasteiger charge is 2.40. The van der Waals surface area contributed by atoms with Crippen molar-refractivity contribution in [3.8, 4) is 0 Å². The molecular weight excluding hydrogens is 260 g/mol. The van der Waals surface area contributed by atoms with Crippen molar-refractivity contribution in [3.63, 3.8) is 0 Å². The SMILES string of the molecule is CCCC(C)N(C)C(=O)NCC1(C(=O)O)CCOCC1. The van der Waals surface area contributed by atoms with E-state index >= 15 is 0 Å². The minimum Gasteiger partial charge on any atom is -0.481 e. The molecule has 0 aliphatic carbocycles. The zero-order valence-corrected chi connectivity index (χ0v) is 12.6. The summed E-state index contributed by atoms with van der Waals surface area (Å²) in [6, 6.07) is -0.0615. The lowest BCUT2D eigenvalue weighted by atomic mass is 9.80. The highest BCUT2D eigenvalue weighted by atomic mass is 16.5. The quantitative estimate of drug-likeness (QED) is 0.779. The summed E-state index contributed by atoms with van der Waals surface area (Å²) in [5.41, 5.74) is -0.886. The van der Waals surface area contributed by atoms with E-state index in [4.69, 9.17) is 4.74 Å². The van der Waals surface area contributed by atoms with Gasteiger partial charge in [-0.25, -0.2) is 4.79 Å². The monoisotopic (exact) mass is 286 g/mol. The standard InChI is InChI=1S/C14H26N2O4/c1-4-5-11(2)16(3)13(19)15-10-14(12(17)18)6-8-20-9-7-14/h11H,4-10H2,1-3H3,(H,15,19)(H,17,18). The first-order valence-corrected chi connectivity index (χ1v) is 7.25. The van der Waals surface area contributed by atoms with Gasteiger partial charge in [-0.05, 0) is 26.2 Å². The first-order valence-electron chi connectivity index (χ1n) is 7.25. The highest BCUT2D eigenvalue weighted by Crippen LogP contribution is 2.30. The molecule has 0 aromatic heterocycles. The van der Waals surface area contributed by atoms with Gasteiger partial charge in [0, 0.05) is 32.8 Å². The smallest absolute Gasteiger partial charge is 0.317 e. The molecule has 0 bridgehead atoms. The lowest BCUT2D eigenvalue weighted by Gasteiger charge is -2.34. The number of aliphatic carboxylic acids is 1. The van der Waals surface area contributed by atoms with Gasteiger partial charge in [0.25, 0.3) is 0 Å². The van der Waals surface area contributed by atoms with Gasteiger partial charge in [0.1, 0.15) is 0 Å². The molecule has 1 unspecified atom stereocenters. The van der Waals surface area contributed by atoms with E-state index < -0.39 is 11.4 Å². The Morgan fingerprint density at radius 1 is 1.40 bits per heavy atom. The molecule has 1 fully saturated rings. The van der Waals surface area contributed by atoms with E-state index in [2.05, 4.69) is 12.2 Å². The topological polar surface area (TPSA) is 78.9 Å². The van der Waals surface area contributed by atoms with Gasteiger partial charge in [0.15, 0.2) is 0 Å². The Labute approximate surface area is 120 Å². The second kappa shape index (κ2) is 7.47. The van der Waals surface area contributed by atoms with Crippen molar-refractivity contribution in [2.75, 3.05) is 26.8 Å². The molecule has 0 aromatic carbocycles. The van der Waals surface area contributed by atoms with Gasteiger partial charge >= 0.3 is 12.0 Å². The number of hydrogen-bond acceptors (Lipinski definition) is 3. The normalized spacial score (nSPS) is 19.1. The zero-order chi connectivity index (χ0) is 15.2. The van der Waals surface area contributed by atoms with E-state index in [-0.39, 0.29) is 18.6 Å². The van der Waals surface area contributed by atoms with Gasteiger partial charge in [0.05, 0.1) is 5.41 Å². The molecule has 2 amide bonds. The molecule has 6 heteroatoms. The van der Waals surface area contributed by atoms with Gasteiger partial charge in [-0.3, -0.25) is 4.79 Å². The van der Waals surface area contributed by atoms with Crippen LogP contribution in [0.15, 0.2) is 0 Å². The van der Waals surface area contributed by atoms with Gasteiger partial charge < -0.3 is 20.1 Å². The molecule has 1 heterocycles. The number of amides is 2. The van der Waals surface area contributed by atoms with Crippen LogP contribution in [0.3, 0.4) is 0 Å². The van der Waals surface area contributed by atoms with Crippen LogP contribution < -0.4 is 5.32 Å². The number of nitrogens with zero attached hydrogens (tertiary/aromatic N) is 1. The van der Waals surface area contributed by atoms with Crippen LogP contribution in [0, 0.1) is 5.41 Å². The number of carboxylic acid groups (broad SMARTS) is 1. The maximum Gasteiger partial charge on any atom is 0.317 e. The largest absolute Gasteiger partial charge is 0.481 e.